The van der Waals surface area contributed by atoms with E-state index >= 15 is 0 Å². The molecule has 14 rings (SSSR count). The van der Waals surface area contributed by atoms with Crippen LogP contribution in [-0.2, 0) is 19.4 Å². The van der Waals surface area contributed by atoms with Crippen LogP contribution in [0, 0.1) is 22.8 Å². The molecule has 3 aliphatic heterocycles. The molecular weight excluding hydrogens is 1020 g/mol. The van der Waals surface area contributed by atoms with Gasteiger partial charge >= 0.3 is 350 Å². The third-order valence-electron chi connectivity index (χ3n) is 13.4. The Labute approximate surface area is 419 Å². The molecule has 0 saturated carbocycles. The van der Waals surface area contributed by atoms with Gasteiger partial charge in [0.15, 0.2) is 0 Å². The van der Waals surface area contributed by atoms with E-state index in [2.05, 4.69) is 112 Å². The third kappa shape index (κ3) is 6.17. The van der Waals surface area contributed by atoms with E-state index in [-0.39, 0.29) is 48.0 Å². The van der Waals surface area contributed by atoms with Gasteiger partial charge in [0, 0.05) is 11.3 Å². The Kier molecular flexibility index (Phi) is 7.74. The van der Waals surface area contributed by atoms with Crippen molar-refractivity contribution in [2.75, 3.05) is 9.62 Å². The fourth-order valence-electron chi connectivity index (χ4n) is 10.6. The van der Waals surface area contributed by atoms with Gasteiger partial charge in [0.1, 0.15) is 0 Å². The molecule has 69 heavy (non-hydrogen) atoms. The molecule has 11 aromatic rings. The molecule has 0 unspecified atom stereocenters. The Hall–Kier alpha value is -8.25. The molecule has 5 heterocycles. The van der Waals surface area contributed by atoms with Crippen molar-refractivity contribution in [3.8, 4) is 78.6 Å². The van der Waals surface area contributed by atoms with Crippen LogP contribution in [0.4, 0.5) is 22.9 Å². The van der Waals surface area contributed by atoms with Gasteiger partial charge in [-0.3, -0.25) is 0 Å². The molecule has 0 N–H and O–H groups in total. The number of imidazole rings is 1. The summed E-state index contributed by atoms with van der Waals surface area (Å²) >= 11 is 2.25. The molecule has 2 aromatic heterocycles. The van der Waals surface area contributed by atoms with E-state index in [1.165, 1.54) is 11.0 Å². The van der Waals surface area contributed by atoms with Crippen LogP contribution in [0.2, 0.25) is 0 Å². The van der Waals surface area contributed by atoms with E-state index in [9.17, 15) is 4.11 Å². The fraction of sp³-hybridized carbons (Fsp3) is 0.0164. The Balaban J connectivity index is 0.948. The van der Waals surface area contributed by atoms with Crippen molar-refractivity contribution in [1.29, 1.82) is 0 Å². The SMILES string of the molecule is [2H]c1c(Oc2ccc3c(n2)N2B4c5c(cccc5-3)-c3ccccc3N4c3ccc[c-]c32)[c-]c(-n2[c](=[Pt])n(-c3c(-c4ccccc4)cc(C([2H])([2H])[2H])cc3-c3cccc(-c4ccccc4)c3)c3ccccc32)c([2H])c1[2H]. The van der Waals surface area contributed by atoms with E-state index in [4.69, 9.17) is 13.8 Å². The van der Waals surface area contributed by atoms with Crippen molar-refractivity contribution >= 4 is 46.4 Å². The molecule has 0 amide bonds. The normalized spacial score (nSPS) is 14.1. The van der Waals surface area contributed by atoms with Crippen LogP contribution < -0.4 is 19.8 Å². The van der Waals surface area contributed by atoms with E-state index < -0.39 is 6.85 Å². The number of fused-ring (bicyclic) bond motifs is 10. The van der Waals surface area contributed by atoms with Gasteiger partial charge in [-0.05, 0) is 11.6 Å². The third-order valence-corrected chi connectivity index (χ3v) is 14.4. The summed E-state index contributed by atoms with van der Waals surface area (Å²) in [5.41, 5.74) is 16.0. The van der Waals surface area contributed by atoms with Crippen molar-refractivity contribution in [3.63, 3.8) is 0 Å². The summed E-state index contributed by atoms with van der Waals surface area (Å²) in [7, 11) is 0. The van der Waals surface area contributed by atoms with Gasteiger partial charge in [0.2, 0.25) is 0 Å². The van der Waals surface area contributed by atoms with Gasteiger partial charge < -0.3 is 0 Å². The summed E-state index contributed by atoms with van der Waals surface area (Å²) in [5.74, 6) is 0.794. The summed E-state index contributed by atoms with van der Waals surface area (Å²) in [4.78, 5) is 9.79. The number of benzene rings is 9. The van der Waals surface area contributed by atoms with Crippen molar-refractivity contribution in [2.45, 2.75) is 6.85 Å². The summed E-state index contributed by atoms with van der Waals surface area (Å²) < 4.78 is 65.4. The zero-order valence-electron chi connectivity index (χ0n) is 42.5. The molecule has 0 radical (unpaired) electrons. The van der Waals surface area contributed by atoms with Gasteiger partial charge in [0.25, 0.3) is 0 Å². The molecule has 0 bridgehead atoms. The summed E-state index contributed by atoms with van der Waals surface area (Å²) in [6, 6.07) is 70.0. The van der Waals surface area contributed by atoms with Gasteiger partial charge in [-0.15, -0.1) is 6.07 Å². The number of nitrogens with zero attached hydrogens (tertiary/aromatic N) is 5. The number of rotatable bonds is 7. The van der Waals surface area contributed by atoms with E-state index in [1.807, 2.05) is 114 Å². The topological polar surface area (TPSA) is 38.5 Å². The zero-order chi connectivity index (χ0) is 50.9. The number of ether oxygens (including phenoxy) is 1. The predicted octanol–water partition coefficient (Wildman–Crippen LogP) is 14.2. The monoisotopic (exact) mass is 1070 g/mol. The molecule has 0 aliphatic carbocycles. The Morgan fingerprint density at radius 3 is 2.07 bits per heavy atom. The average Bonchev–Trinajstić information content (AvgIpc) is 4.14. The van der Waals surface area contributed by atoms with Crippen LogP contribution in [0.25, 0.3) is 78.0 Å². The van der Waals surface area contributed by atoms with Crippen molar-refractivity contribution in [3.05, 3.63) is 234 Å². The summed E-state index contributed by atoms with van der Waals surface area (Å²) in [5, 5.41) is 0. The van der Waals surface area contributed by atoms with Crippen LogP contribution in [0.3, 0.4) is 0 Å². The molecule has 0 fully saturated rings. The molecular formula is C61H38BN5OPt-2. The molecule has 8 heteroatoms. The van der Waals surface area contributed by atoms with Crippen molar-refractivity contribution < 1.29 is 32.3 Å². The minimum atomic E-state index is -2.44. The maximum absolute atomic E-state index is 9.51. The van der Waals surface area contributed by atoms with Gasteiger partial charge in [-0.2, -0.15) is 12.1 Å². The van der Waals surface area contributed by atoms with Gasteiger partial charge in [-0.25, -0.2) is 0 Å². The number of aromatic nitrogens is 3. The molecule has 328 valence electrons. The standard InChI is InChI=1S/C61H38BN5O.Pt/c1-40-35-51(42-19-6-3-7-20-42)60(52(36-40)44-22-14-21-43(37-44)41-17-4-2-5-18-41)65-39-64(54-29-10-11-30-55(54)65)45-23-15-24-46(38-45)68-58-34-33-50-49-27-16-26-48-47-25-8-9-28-53(47)66-56-31-12-13-32-57(56)67(61(50)63-58)62(66)59(48)49;/h2-31,33-37H,1H3;/q-2;/i1D3,15D,23D,24D;. The molecule has 9 aromatic carbocycles. The second kappa shape index (κ2) is 15.7. The first-order valence-corrected chi connectivity index (χ1v) is 23.8. The number of aryl methyl sites for hydroxylation is 1. The summed E-state index contributed by atoms with van der Waals surface area (Å²) in [6.45, 7) is -2.67. The molecule has 3 aliphatic rings. The number of pyridine rings is 1. The van der Waals surface area contributed by atoms with Crippen LogP contribution in [0.15, 0.2) is 212 Å². The van der Waals surface area contributed by atoms with Crippen LogP contribution >= 0.6 is 0 Å². The zero-order valence-corrected chi connectivity index (χ0v) is 38.8. The number of hydrogen-bond donors (Lipinski definition) is 0. The van der Waals surface area contributed by atoms with Gasteiger partial charge in [0.05, 0.1) is 0 Å². The van der Waals surface area contributed by atoms with E-state index in [0.29, 0.717) is 26.3 Å². The first kappa shape index (κ1) is 34.1. The maximum atomic E-state index is 9.51. The molecule has 6 nitrogen and oxygen atoms in total. The quantitative estimate of drug-likeness (QED) is 0.118. The van der Waals surface area contributed by atoms with Crippen LogP contribution in [0.5, 0.6) is 11.6 Å². The molecule has 0 atom stereocenters. The Morgan fingerprint density at radius 1 is 0.580 bits per heavy atom. The second-order valence-electron chi connectivity index (χ2n) is 17.2. The Morgan fingerprint density at radius 2 is 1.25 bits per heavy atom. The van der Waals surface area contributed by atoms with E-state index in [0.717, 1.165) is 67.2 Å². The number of hydrogen-bond acceptors (Lipinski definition) is 4. The first-order chi connectivity index (χ1) is 36.5. The first-order valence-electron chi connectivity index (χ1n) is 25.7. The average molecular weight is 1070 g/mol. The Bertz CT molecular complexity index is 4260. The number of para-hydroxylation sites is 4. The second-order valence-corrected chi connectivity index (χ2v) is 18.3. The molecule has 0 spiro atoms. The van der Waals surface area contributed by atoms with Crippen molar-refractivity contribution in [1.82, 2.24) is 14.1 Å². The molecule has 0 saturated heterocycles. The number of anilines is 4. The van der Waals surface area contributed by atoms with E-state index in [1.54, 1.807) is 18.2 Å². The minimum absolute atomic E-state index is 0.0654. The fourth-order valence-corrected chi connectivity index (χ4v) is 11.6. The predicted molar refractivity (Wildman–Crippen MR) is 276 cm³/mol. The van der Waals surface area contributed by atoms with Crippen molar-refractivity contribution in [2.24, 2.45) is 0 Å². The van der Waals surface area contributed by atoms with Gasteiger partial charge in [-0.1, -0.05) is 30.3 Å². The van der Waals surface area contributed by atoms with Crippen LogP contribution in [0.1, 0.15) is 13.8 Å². The summed E-state index contributed by atoms with van der Waals surface area (Å²) in [6.07, 6.45) is 0. The van der Waals surface area contributed by atoms with Crippen LogP contribution in [-0.4, -0.2) is 21.1 Å².